The number of nitrogens with zero attached hydrogens (tertiary/aromatic N) is 2. The van der Waals surface area contributed by atoms with Gasteiger partial charge in [-0.15, -0.1) is 0 Å². The van der Waals surface area contributed by atoms with Gasteiger partial charge >= 0.3 is 0 Å². The average molecular weight is 426 g/mol. The van der Waals surface area contributed by atoms with Gasteiger partial charge in [-0.1, -0.05) is 35.3 Å². The summed E-state index contributed by atoms with van der Waals surface area (Å²) in [5.74, 6) is 0.832. The first-order valence-corrected chi connectivity index (χ1v) is 9.62. The van der Waals surface area contributed by atoms with Crippen LogP contribution in [-0.2, 0) is 0 Å². The molecule has 0 saturated carbocycles. The Morgan fingerprint density at radius 1 is 1.10 bits per heavy atom. The number of hydrogen-bond donors (Lipinski definition) is 1. The Balaban J connectivity index is 1.87. The molecule has 4 aromatic rings. The van der Waals surface area contributed by atoms with Gasteiger partial charge in [0.05, 0.1) is 17.7 Å². The van der Waals surface area contributed by atoms with Crippen LogP contribution in [0.2, 0.25) is 10.0 Å². The SMILES string of the molecule is COc1ccccc1-c1nc2cc(C)ccn2c1NC(=O)c1ccc(Cl)cc1Cl. The lowest BCUT2D eigenvalue weighted by atomic mass is 10.1. The fraction of sp³-hybridized carbons (Fsp3) is 0.0909. The predicted molar refractivity (Wildman–Crippen MR) is 116 cm³/mol. The lowest BCUT2D eigenvalue weighted by Crippen LogP contribution is -2.14. The van der Waals surface area contributed by atoms with Crippen LogP contribution in [0, 0.1) is 6.92 Å². The van der Waals surface area contributed by atoms with E-state index in [9.17, 15) is 4.79 Å². The van der Waals surface area contributed by atoms with E-state index in [0.717, 1.165) is 11.1 Å². The largest absolute Gasteiger partial charge is 0.496 e. The number of ether oxygens (including phenoxy) is 1. The molecule has 0 atom stereocenters. The van der Waals surface area contributed by atoms with Crippen LogP contribution >= 0.6 is 23.2 Å². The van der Waals surface area contributed by atoms with E-state index in [1.165, 1.54) is 6.07 Å². The zero-order valence-electron chi connectivity index (χ0n) is 15.7. The molecule has 2 aromatic heterocycles. The predicted octanol–water partition coefficient (Wildman–Crippen LogP) is 5.88. The van der Waals surface area contributed by atoms with Gasteiger partial charge in [-0.3, -0.25) is 9.20 Å². The number of nitrogens with one attached hydrogen (secondary N) is 1. The van der Waals surface area contributed by atoms with Crippen LogP contribution in [0.4, 0.5) is 5.82 Å². The van der Waals surface area contributed by atoms with Crippen LogP contribution in [0.3, 0.4) is 0 Å². The summed E-state index contributed by atoms with van der Waals surface area (Å²) in [6, 6.07) is 16.2. The first-order chi connectivity index (χ1) is 14.0. The average Bonchev–Trinajstić information content (AvgIpc) is 3.04. The van der Waals surface area contributed by atoms with E-state index < -0.39 is 0 Å². The van der Waals surface area contributed by atoms with Crippen LogP contribution in [-0.4, -0.2) is 22.4 Å². The molecule has 7 heteroatoms. The van der Waals surface area contributed by atoms with E-state index in [1.807, 2.05) is 53.9 Å². The highest BCUT2D eigenvalue weighted by Gasteiger charge is 2.21. The smallest absolute Gasteiger partial charge is 0.258 e. The van der Waals surface area contributed by atoms with Gasteiger partial charge in [-0.05, 0) is 55.0 Å². The molecule has 0 fully saturated rings. The van der Waals surface area contributed by atoms with Gasteiger partial charge in [0.1, 0.15) is 22.9 Å². The van der Waals surface area contributed by atoms with Crippen LogP contribution in [0.25, 0.3) is 16.9 Å². The molecule has 1 N–H and O–H groups in total. The number of aryl methyl sites for hydroxylation is 1. The Morgan fingerprint density at radius 2 is 1.90 bits per heavy atom. The molecule has 1 amide bonds. The zero-order chi connectivity index (χ0) is 20.5. The number of carbonyl (C=O) groups excluding carboxylic acids is 1. The van der Waals surface area contributed by atoms with Crippen molar-refractivity contribution in [3.63, 3.8) is 0 Å². The third-order valence-electron chi connectivity index (χ3n) is 4.55. The highest BCUT2D eigenvalue weighted by atomic mass is 35.5. The third kappa shape index (κ3) is 3.67. The topological polar surface area (TPSA) is 55.6 Å². The number of imidazole rings is 1. The van der Waals surface area contributed by atoms with Crippen LogP contribution in [0.1, 0.15) is 15.9 Å². The molecule has 146 valence electrons. The maximum atomic E-state index is 13.0. The number of fused-ring (bicyclic) bond motifs is 1. The summed E-state index contributed by atoms with van der Waals surface area (Å²) in [6.45, 7) is 1.99. The Kier molecular flexibility index (Phi) is 5.18. The minimum absolute atomic E-state index is 0.276. The van der Waals surface area contributed by atoms with Crippen molar-refractivity contribution in [2.45, 2.75) is 6.92 Å². The number of methoxy groups -OCH3 is 1. The minimum Gasteiger partial charge on any atom is -0.496 e. The number of para-hydroxylation sites is 1. The summed E-state index contributed by atoms with van der Waals surface area (Å²) < 4.78 is 7.33. The van der Waals surface area contributed by atoms with Gasteiger partial charge in [-0.2, -0.15) is 0 Å². The molecule has 5 nitrogen and oxygen atoms in total. The number of pyridine rings is 1. The number of aromatic nitrogens is 2. The quantitative estimate of drug-likeness (QED) is 0.444. The summed E-state index contributed by atoms with van der Waals surface area (Å²) in [7, 11) is 1.60. The third-order valence-corrected chi connectivity index (χ3v) is 5.10. The molecule has 0 spiro atoms. The van der Waals surface area contributed by atoms with Gasteiger partial charge in [0.15, 0.2) is 0 Å². The Hall–Kier alpha value is -3.02. The summed E-state index contributed by atoms with van der Waals surface area (Å²) in [5.41, 5.74) is 3.47. The lowest BCUT2D eigenvalue weighted by molar-refractivity contribution is 0.102. The summed E-state index contributed by atoms with van der Waals surface area (Å²) >= 11 is 12.2. The maximum Gasteiger partial charge on any atom is 0.258 e. The van der Waals surface area contributed by atoms with Crippen molar-refractivity contribution in [1.82, 2.24) is 9.38 Å². The summed E-state index contributed by atoms with van der Waals surface area (Å²) in [4.78, 5) is 17.7. The molecule has 2 aromatic carbocycles. The first-order valence-electron chi connectivity index (χ1n) is 8.86. The number of benzene rings is 2. The Morgan fingerprint density at radius 3 is 2.66 bits per heavy atom. The second-order valence-electron chi connectivity index (χ2n) is 6.52. The summed E-state index contributed by atoms with van der Waals surface area (Å²) in [5, 5.41) is 3.70. The number of anilines is 1. The molecular weight excluding hydrogens is 409 g/mol. The highest BCUT2D eigenvalue weighted by Crippen LogP contribution is 2.35. The van der Waals surface area contributed by atoms with E-state index in [4.69, 9.17) is 32.9 Å². The Labute approximate surface area is 177 Å². The van der Waals surface area contributed by atoms with Crippen molar-refractivity contribution in [2.24, 2.45) is 0 Å². The van der Waals surface area contributed by atoms with Crippen molar-refractivity contribution >= 4 is 40.6 Å². The van der Waals surface area contributed by atoms with E-state index >= 15 is 0 Å². The lowest BCUT2D eigenvalue weighted by Gasteiger charge is -2.11. The Bertz CT molecular complexity index is 1230. The summed E-state index contributed by atoms with van der Waals surface area (Å²) in [6.07, 6.45) is 1.87. The standard InChI is InChI=1S/C22H17Cl2N3O2/c1-13-9-10-27-19(11-13)25-20(16-5-3-4-6-18(16)29-2)21(27)26-22(28)15-8-7-14(23)12-17(15)24/h3-12H,1-2H3,(H,26,28). The van der Waals surface area contributed by atoms with Crippen molar-refractivity contribution in [3.05, 3.63) is 82.0 Å². The van der Waals surface area contributed by atoms with Gasteiger partial charge in [0, 0.05) is 16.8 Å². The maximum absolute atomic E-state index is 13.0. The molecule has 0 radical (unpaired) electrons. The van der Waals surface area contributed by atoms with Crippen LogP contribution in [0.5, 0.6) is 5.75 Å². The van der Waals surface area contributed by atoms with E-state index in [-0.39, 0.29) is 10.9 Å². The fourth-order valence-corrected chi connectivity index (χ4v) is 3.64. The van der Waals surface area contributed by atoms with Gasteiger partial charge in [-0.25, -0.2) is 4.98 Å². The van der Waals surface area contributed by atoms with Gasteiger partial charge in [0.25, 0.3) is 5.91 Å². The van der Waals surface area contributed by atoms with E-state index in [2.05, 4.69) is 5.32 Å². The van der Waals surface area contributed by atoms with Gasteiger partial charge in [0.2, 0.25) is 0 Å². The zero-order valence-corrected chi connectivity index (χ0v) is 17.3. The van der Waals surface area contributed by atoms with Crippen LogP contribution < -0.4 is 10.1 Å². The normalized spacial score (nSPS) is 10.9. The second kappa shape index (κ2) is 7.78. The number of carbonyl (C=O) groups is 1. The molecule has 2 heterocycles. The van der Waals surface area contributed by atoms with Crippen molar-refractivity contribution in [2.75, 3.05) is 12.4 Å². The molecule has 0 aliphatic rings. The number of rotatable bonds is 4. The van der Waals surface area contributed by atoms with E-state index in [0.29, 0.717) is 33.5 Å². The van der Waals surface area contributed by atoms with Gasteiger partial charge < -0.3 is 10.1 Å². The van der Waals surface area contributed by atoms with Crippen LogP contribution in [0.15, 0.2) is 60.8 Å². The fourth-order valence-electron chi connectivity index (χ4n) is 3.14. The monoisotopic (exact) mass is 425 g/mol. The molecular formula is C22H17Cl2N3O2. The molecule has 0 bridgehead atoms. The molecule has 0 aliphatic carbocycles. The number of halogens is 2. The van der Waals surface area contributed by atoms with Crippen molar-refractivity contribution in [3.8, 4) is 17.0 Å². The number of hydrogen-bond acceptors (Lipinski definition) is 3. The minimum atomic E-state index is -0.356. The highest BCUT2D eigenvalue weighted by molar-refractivity contribution is 6.37. The number of amides is 1. The first kappa shape index (κ1) is 19.3. The molecule has 0 aliphatic heterocycles. The molecule has 29 heavy (non-hydrogen) atoms. The molecule has 0 unspecified atom stereocenters. The van der Waals surface area contributed by atoms with Crippen molar-refractivity contribution < 1.29 is 9.53 Å². The van der Waals surface area contributed by atoms with Crippen molar-refractivity contribution in [1.29, 1.82) is 0 Å². The second-order valence-corrected chi connectivity index (χ2v) is 7.36. The molecule has 0 saturated heterocycles. The molecule has 4 rings (SSSR count). The van der Waals surface area contributed by atoms with E-state index in [1.54, 1.807) is 19.2 Å².